The molecule has 0 spiro atoms. The maximum Gasteiger partial charge on any atom is 0.194 e. The van der Waals surface area contributed by atoms with Gasteiger partial charge in [0.25, 0.3) is 0 Å². The van der Waals surface area contributed by atoms with Gasteiger partial charge >= 0.3 is 0 Å². The Balaban J connectivity index is 1.54. The lowest BCUT2D eigenvalue weighted by Gasteiger charge is -2.40. The molecule has 0 atom stereocenters. The molecule has 3 rings (SSSR count). The zero-order valence-corrected chi connectivity index (χ0v) is 17.3. The van der Waals surface area contributed by atoms with E-state index in [1.54, 1.807) is 12.1 Å². The van der Waals surface area contributed by atoms with Gasteiger partial charge in [0.1, 0.15) is 5.82 Å². The van der Waals surface area contributed by atoms with Gasteiger partial charge in [0.15, 0.2) is 5.96 Å². The van der Waals surface area contributed by atoms with Gasteiger partial charge in [0.05, 0.1) is 36.3 Å². The summed E-state index contributed by atoms with van der Waals surface area (Å²) in [6, 6.07) is 5.31. The number of nitrogens with zero attached hydrogens (tertiary/aromatic N) is 3. The molecule has 0 radical (unpaired) electrons. The van der Waals surface area contributed by atoms with Crippen LogP contribution in [-0.2, 0) is 11.3 Å². The van der Waals surface area contributed by atoms with E-state index in [4.69, 9.17) is 9.73 Å². The molecular weight excluding hydrogens is 415 g/mol. The molecular formula is C19H28BrFN4O2. The summed E-state index contributed by atoms with van der Waals surface area (Å²) >= 11 is 3.20. The van der Waals surface area contributed by atoms with Gasteiger partial charge in [-0.1, -0.05) is 6.07 Å². The monoisotopic (exact) mass is 442 g/mol. The molecule has 2 aliphatic rings. The van der Waals surface area contributed by atoms with Crippen LogP contribution in [0.15, 0.2) is 27.7 Å². The molecule has 0 amide bonds. The molecule has 2 N–H and O–H groups in total. The second-order valence-corrected chi connectivity index (χ2v) is 8.19. The third-order valence-corrected chi connectivity index (χ3v) is 5.76. The minimum Gasteiger partial charge on any atom is -0.396 e. The molecule has 1 aromatic rings. The predicted molar refractivity (Wildman–Crippen MR) is 107 cm³/mol. The number of benzene rings is 1. The summed E-state index contributed by atoms with van der Waals surface area (Å²) in [5.74, 6) is 0.678. The molecule has 27 heavy (non-hydrogen) atoms. The van der Waals surface area contributed by atoms with Crippen LogP contribution in [0.2, 0.25) is 0 Å². The molecule has 2 heterocycles. The van der Waals surface area contributed by atoms with E-state index in [0.717, 1.165) is 50.8 Å². The summed E-state index contributed by atoms with van der Waals surface area (Å²) in [7, 11) is 0. The number of aliphatic hydroxyl groups excluding tert-OH is 1. The standard InChI is InChI=1S/C19H28BrFN4O2/c1-2-22-18(23-11-19(12-26)13-27-14-19)25-7-5-24(6-8-25)10-15-3-4-16(20)17(21)9-15/h3-4,9,26H,2,5-8,10-14H2,1H3,(H,22,23). The number of ether oxygens (including phenoxy) is 1. The number of guanidine groups is 1. The zero-order valence-electron chi connectivity index (χ0n) is 15.8. The molecule has 150 valence electrons. The first-order chi connectivity index (χ1) is 13.0. The Hall–Kier alpha value is -1.22. The molecule has 0 aliphatic carbocycles. The second kappa shape index (κ2) is 9.32. The lowest BCUT2D eigenvalue weighted by atomic mass is 9.87. The molecule has 0 aromatic heterocycles. The maximum atomic E-state index is 13.7. The number of halogens is 2. The summed E-state index contributed by atoms with van der Waals surface area (Å²) in [6.45, 7) is 8.97. The summed E-state index contributed by atoms with van der Waals surface area (Å²) in [4.78, 5) is 9.34. The normalized spacial score (nSPS) is 20.4. The lowest BCUT2D eigenvalue weighted by molar-refractivity contribution is -0.130. The molecule has 0 saturated carbocycles. The molecule has 6 nitrogen and oxygen atoms in total. The van der Waals surface area contributed by atoms with Crippen molar-refractivity contribution in [3.05, 3.63) is 34.1 Å². The fourth-order valence-electron chi connectivity index (χ4n) is 3.31. The van der Waals surface area contributed by atoms with Crippen LogP contribution >= 0.6 is 15.9 Å². The number of hydrogen-bond acceptors (Lipinski definition) is 4. The smallest absolute Gasteiger partial charge is 0.194 e. The summed E-state index contributed by atoms with van der Waals surface area (Å²) < 4.78 is 19.5. The van der Waals surface area contributed by atoms with Gasteiger partial charge in [0, 0.05) is 39.3 Å². The zero-order chi connectivity index (χ0) is 19.3. The van der Waals surface area contributed by atoms with Gasteiger partial charge in [-0.3, -0.25) is 9.89 Å². The fraction of sp³-hybridized carbons (Fsp3) is 0.632. The fourth-order valence-corrected chi connectivity index (χ4v) is 3.55. The summed E-state index contributed by atoms with van der Waals surface area (Å²) in [6.07, 6.45) is 0. The highest BCUT2D eigenvalue weighted by Crippen LogP contribution is 2.27. The van der Waals surface area contributed by atoms with Gasteiger partial charge in [-0.05, 0) is 40.5 Å². The van der Waals surface area contributed by atoms with E-state index in [1.807, 2.05) is 6.07 Å². The SMILES string of the molecule is CCNC(=NCC1(CO)COC1)N1CCN(Cc2ccc(Br)c(F)c2)CC1. The first kappa shape index (κ1) is 20.5. The first-order valence-corrected chi connectivity index (χ1v) is 10.2. The van der Waals surface area contributed by atoms with E-state index in [9.17, 15) is 9.50 Å². The number of nitrogens with one attached hydrogen (secondary N) is 1. The van der Waals surface area contributed by atoms with Gasteiger partial charge in [-0.25, -0.2) is 4.39 Å². The van der Waals surface area contributed by atoms with Crippen molar-refractivity contribution in [3.8, 4) is 0 Å². The molecule has 2 saturated heterocycles. The second-order valence-electron chi connectivity index (χ2n) is 7.33. The number of piperazine rings is 1. The van der Waals surface area contributed by atoms with Crippen molar-refractivity contribution >= 4 is 21.9 Å². The van der Waals surface area contributed by atoms with Crippen LogP contribution < -0.4 is 5.32 Å². The molecule has 1 aromatic carbocycles. The van der Waals surface area contributed by atoms with Gasteiger partial charge in [-0.15, -0.1) is 0 Å². The molecule has 2 aliphatic heterocycles. The van der Waals surface area contributed by atoms with Crippen LogP contribution in [0.5, 0.6) is 0 Å². The third-order valence-electron chi connectivity index (χ3n) is 5.11. The maximum absolute atomic E-state index is 13.7. The van der Waals surface area contributed by atoms with E-state index < -0.39 is 0 Å². The minimum atomic E-state index is -0.217. The van der Waals surface area contributed by atoms with Crippen molar-refractivity contribution in [3.63, 3.8) is 0 Å². The van der Waals surface area contributed by atoms with Crippen LogP contribution in [0.25, 0.3) is 0 Å². The van der Waals surface area contributed by atoms with Crippen LogP contribution in [0.4, 0.5) is 4.39 Å². The molecule has 8 heteroatoms. The third kappa shape index (κ3) is 5.19. The minimum absolute atomic E-state index is 0.105. The molecule has 2 fully saturated rings. The van der Waals surface area contributed by atoms with Crippen LogP contribution in [0.1, 0.15) is 12.5 Å². The quantitative estimate of drug-likeness (QED) is 0.518. The number of aliphatic imine (C=N–C) groups is 1. The van der Waals surface area contributed by atoms with Gasteiger partial charge in [-0.2, -0.15) is 0 Å². The van der Waals surface area contributed by atoms with E-state index in [-0.39, 0.29) is 17.8 Å². The van der Waals surface area contributed by atoms with Crippen molar-refractivity contribution in [2.24, 2.45) is 10.4 Å². The van der Waals surface area contributed by atoms with E-state index in [1.165, 1.54) is 0 Å². The number of rotatable bonds is 6. The lowest BCUT2D eigenvalue weighted by Crippen LogP contribution is -2.53. The van der Waals surface area contributed by atoms with Gasteiger partial charge < -0.3 is 20.1 Å². The average molecular weight is 443 g/mol. The van der Waals surface area contributed by atoms with Crippen LogP contribution in [0.3, 0.4) is 0 Å². The Labute approximate surface area is 168 Å². The van der Waals surface area contributed by atoms with Crippen molar-refractivity contribution < 1.29 is 14.2 Å². The Morgan fingerprint density at radius 3 is 2.63 bits per heavy atom. The van der Waals surface area contributed by atoms with Crippen LogP contribution in [0, 0.1) is 11.2 Å². The van der Waals surface area contributed by atoms with E-state index >= 15 is 0 Å². The highest BCUT2D eigenvalue weighted by Gasteiger charge is 2.38. The van der Waals surface area contributed by atoms with Crippen molar-refractivity contribution in [2.75, 3.05) is 59.1 Å². The number of aliphatic hydroxyl groups is 1. The van der Waals surface area contributed by atoms with E-state index in [0.29, 0.717) is 24.2 Å². The predicted octanol–water partition coefficient (Wildman–Crippen LogP) is 1.68. The van der Waals surface area contributed by atoms with Crippen molar-refractivity contribution in [1.29, 1.82) is 0 Å². The highest BCUT2D eigenvalue weighted by atomic mass is 79.9. The van der Waals surface area contributed by atoms with Crippen molar-refractivity contribution in [1.82, 2.24) is 15.1 Å². The Morgan fingerprint density at radius 2 is 2.07 bits per heavy atom. The Morgan fingerprint density at radius 1 is 1.33 bits per heavy atom. The molecule has 0 unspecified atom stereocenters. The Kier molecular flexibility index (Phi) is 7.08. The summed E-state index contributed by atoms with van der Waals surface area (Å²) in [5.41, 5.74) is 0.772. The van der Waals surface area contributed by atoms with Crippen LogP contribution in [-0.4, -0.2) is 80.0 Å². The largest absolute Gasteiger partial charge is 0.396 e. The Bertz CT molecular complexity index is 656. The topological polar surface area (TPSA) is 60.3 Å². The first-order valence-electron chi connectivity index (χ1n) is 9.43. The van der Waals surface area contributed by atoms with Crippen molar-refractivity contribution in [2.45, 2.75) is 13.5 Å². The summed E-state index contributed by atoms with van der Waals surface area (Å²) in [5, 5.41) is 12.9. The average Bonchev–Trinajstić information content (AvgIpc) is 2.64. The van der Waals surface area contributed by atoms with Gasteiger partial charge in [0.2, 0.25) is 0 Å². The number of hydrogen-bond donors (Lipinski definition) is 2. The highest BCUT2D eigenvalue weighted by molar-refractivity contribution is 9.10. The molecule has 0 bridgehead atoms. The van der Waals surface area contributed by atoms with E-state index in [2.05, 4.69) is 38.0 Å².